The Morgan fingerprint density at radius 2 is 2.15 bits per heavy atom. The van der Waals surface area contributed by atoms with Crippen molar-refractivity contribution in [3.63, 3.8) is 0 Å². The summed E-state index contributed by atoms with van der Waals surface area (Å²) in [6.07, 6.45) is 0.800. The smallest absolute Gasteiger partial charge is 0.134 e. The number of benzene rings is 1. The third-order valence-electron chi connectivity index (χ3n) is 2.00. The Balaban J connectivity index is 2.38. The highest BCUT2D eigenvalue weighted by Gasteiger charge is 2.04. The molecule has 2 rings (SSSR count). The molecule has 1 aromatic carbocycles. The summed E-state index contributed by atoms with van der Waals surface area (Å²) in [7, 11) is 0. The quantitative estimate of drug-likeness (QED) is 0.760. The molecule has 0 spiro atoms. The average Bonchev–Trinajstić information content (AvgIpc) is 2.44. The van der Waals surface area contributed by atoms with Crippen LogP contribution in [-0.4, -0.2) is 6.04 Å². The van der Waals surface area contributed by atoms with Crippen LogP contribution >= 0.6 is 0 Å². The van der Waals surface area contributed by atoms with Gasteiger partial charge in [0.2, 0.25) is 0 Å². The molecule has 2 heteroatoms. The second-order valence-electron chi connectivity index (χ2n) is 3.43. The molecule has 1 aromatic heterocycles. The number of hydrogen-bond donors (Lipinski definition) is 1. The van der Waals surface area contributed by atoms with E-state index < -0.39 is 0 Å². The third kappa shape index (κ3) is 1.73. The summed E-state index contributed by atoms with van der Waals surface area (Å²) in [5.74, 6) is 0.969. The van der Waals surface area contributed by atoms with E-state index in [0.29, 0.717) is 0 Å². The highest BCUT2D eigenvalue weighted by atomic mass is 16.3. The topological polar surface area (TPSA) is 39.2 Å². The summed E-state index contributed by atoms with van der Waals surface area (Å²) in [5.41, 5.74) is 6.63. The number of rotatable bonds is 2. The molecule has 2 nitrogen and oxygen atoms in total. The van der Waals surface area contributed by atoms with Gasteiger partial charge in [0.1, 0.15) is 11.3 Å². The van der Waals surface area contributed by atoms with Crippen LogP contribution in [0.2, 0.25) is 0 Å². The standard InChI is InChI=1S/C11H13NO/c1-8(12)6-10-7-9-4-2-3-5-11(9)13-10/h2-5,7-8H,6,12H2,1H3. The van der Waals surface area contributed by atoms with Crippen molar-refractivity contribution in [2.75, 3.05) is 0 Å². The Hall–Kier alpha value is -1.28. The molecule has 0 aliphatic heterocycles. The third-order valence-corrected chi connectivity index (χ3v) is 2.00. The highest BCUT2D eigenvalue weighted by Crippen LogP contribution is 2.19. The monoisotopic (exact) mass is 175 g/mol. The lowest BCUT2D eigenvalue weighted by molar-refractivity contribution is 0.525. The lowest BCUT2D eigenvalue weighted by Gasteiger charge is -1.98. The van der Waals surface area contributed by atoms with Crippen LogP contribution in [0.4, 0.5) is 0 Å². The van der Waals surface area contributed by atoms with Crippen LogP contribution in [0, 0.1) is 0 Å². The largest absolute Gasteiger partial charge is 0.461 e. The van der Waals surface area contributed by atoms with Gasteiger partial charge in [0.25, 0.3) is 0 Å². The average molecular weight is 175 g/mol. The zero-order valence-electron chi connectivity index (χ0n) is 7.66. The Labute approximate surface area is 77.3 Å². The van der Waals surface area contributed by atoms with Crippen LogP contribution in [0.3, 0.4) is 0 Å². The molecular formula is C11H13NO. The van der Waals surface area contributed by atoms with Crippen molar-refractivity contribution < 1.29 is 4.42 Å². The molecular weight excluding hydrogens is 162 g/mol. The molecule has 0 saturated carbocycles. The van der Waals surface area contributed by atoms with Crippen LogP contribution in [-0.2, 0) is 6.42 Å². The van der Waals surface area contributed by atoms with Gasteiger partial charge < -0.3 is 10.2 Å². The van der Waals surface area contributed by atoms with Crippen LogP contribution < -0.4 is 5.73 Å². The molecule has 0 fully saturated rings. The van der Waals surface area contributed by atoms with E-state index in [9.17, 15) is 0 Å². The van der Waals surface area contributed by atoms with Gasteiger partial charge in [-0.05, 0) is 19.1 Å². The maximum atomic E-state index is 5.69. The van der Waals surface area contributed by atoms with Gasteiger partial charge in [-0.2, -0.15) is 0 Å². The molecule has 0 bridgehead atoms. The Kier molecular flexibility index (Phi) is 2.07. The molecule has 0 saturated heterocycles. The minimum absolute atomic E-state index is 0.153. The fraction of sp³-hybridized carbons (Fsp3) is 0.273. The van der Waals surface area contributed by atoms with Crippen LogP contribution in [0.1, 0.15) is 12.7 Å². The second-order valence-corrected chi connectivity index (χ2v) is 3.43. The van der Waals surface area contributed by atoms with Crippen molar-refractivity contribution in [1.82, 2.24) is 0 Å². The molecule has 0 aliphatic rings. The van der Waals surface area contributed by atoms with Gasteiger partial charge in [-0.3, -0.25) is 0 Å². The fourth-order valence-electron chi connectivity index (χ4n) is 1.45. The van der Waals surface area contributed by atoms with E-state index in [1.54, 1.807) is 0 Å². The van der Waals surface area contributed by atoms with Gasteiger partial charge in [0.15, 0.2) is 0 Å². The minimum Gasteiger partial charge on any atom is -0.461 e. The van der Waals surface area contributed by atoms with E-state index in [2.05, 4.69) is 6.07 Å². The molecule has 2 aromatic rings. The van der Waals surface area contributed by atoms with Gasteiger partial charge in [-0.15, -0.1) is 0 Å². The molecule has 13 heavy (non-hydrogen) atoms. The predicted octanol–water partition coefficient (Wildman–Crippen LogP) is 2.32. The molecule has 1 atom stereocenters. The number of furan rings is 1. The minimum atomic E-state index is 0.153. The highest BCUT2D eigenvalue weighted by molar-refractivity contribution is 5.77. The van der Waals surface area contributed by atoms with Crippen molar-refractivity contribution in [3.8, 4) is 0 Å². The van der Waals surface area contributed by atoms with E-state index in [-0.39, 0.29) is 6.04 Å². The summed E-state index contributed by atoms with van der Waals surface area (Å²) >= 11 is 0. The first kappa shape index (κ1) is 8.32. The normalized spacial score (nSPS) is 13.4. The van der Waals surface area contributed by atoms with Gasteiger partial charge in [0.05, 0.1) is 0 Å². The summed E-state index contributed by atoms with van der Waals surface area (Å²) < 4.78 is 5.60. The summed E-state index contributed by atoms with van der Waals surface area (Å²) in [4.78, 5) is 0. The molecule has 1 heterocycles. The number of fused-ring (bicyclic) bond motifs is 1. The van der Waals surface area contributed by atoms with Crippen LogP contribution in [0.15, 0.2) is 34.7 Å². The second kappa shape index (κ2) is 3.23. The Bertz CT molecular complexity index is 370. The van der Waals surface area contributed by atoms with Gasteiger partial charge in [0, 0.05) is 17.8 Å². The van der Waals surface area contributed by atoms with E-state index in [4.69, 9.17) is 10.2 Å². The molecule has 0 radical (unpaired) electrons. The van der Waals surface area contributed by atoms with Crippen molar-refractivity contribution >= 4 is 11.0 Å². The predicted molar refractivity (Wildman–Crippen MR) is 53.6 cm³/mol. The van der Waals surface area contributed by atoms with Crippen molar-refractivity contribution in [2.24, 2.45) is 5.73 Å². The SMILES string of the molecule is CC(N)Cc1cc2ccccc2o1. The first-order valence-electron chi connectivity index (χ1n) is 4.49. The maximum Gasteiger partial charge on any atom is 0.134 e. The molecule has 2 N–H and O–H groups in total. The number of para-hydroxylation sites is 1. The van der Waals surface area contributed by atoms with E-state index in [1.807, 2.05) is 31.2 Å². The maximum absolute atomic E-state index is 5.69. The van der Waals surface area contributed by atoms with Crippen molar-refractivity contribution in [2.45, 2.75) is 19.4 Å². The Morgan fingerprint density at radius 3 is 2.85 bits per heavy atom. The van der Waals surface area contributed by atoms with E-state index in [1.165, 1.54) is 0 Å². The van der Waals surface area contributed by atoms with E-state index >= 15 is 0 Å². The lowest BCUT2D eigenvalue weighted by Crippen LogP contribution is -2.17. The zero-order chi connectivity index (χ0) is 9.26. The molecule has 1 unspecified atom stereocenters. The van der Waals surface area contributed by atoms with Gasteiger partial charge >= 0.3 is 0 Å². The van der Waals surface area contributed by atoms with Gasteiger partial charge in [-0.25, -0.2) is 0 Å². The number of hydrogen-bond acceptors (Lipinski definition) is 2. The summed E-state index contributed by atoms with van der Waals surface area (Å²) in [6.45, 7) is 1.98. The van der Waals surface area contributed by atoms with Crippen molar-refractivity contribution in [3.05, 3.63) is 36.1 Å². The lowest BCUT2D eigenvalue weighted by atomic mass is 10.2. The van der Waals surface area contributed by atoms with Crippen LogP contribution in [0.25, 0.3) is 11.0 Å². The first-order chi connectivity index (χ1) is 6.25. The fourth-order valence-corrected chi connectivity index (χ4v) is 1.45. The first-order valence-corrected chi connectivity index (χ1v) is 4.49. The van der Waals surface area contributed by atoms with E-state index in [0.717, 1.165) is 23.2 Å². The Morgan fingerprint density at radius 1 is 1.38 bits per heavy atom. The summed E-state index contributed by atoms with van der Waals surface area (Å²) in [5, 5.41) is 1.15. The molecule has 68 valence electrons. The number of nitrogens with two attached hydrogens (primary N) is 1. The molecule has 0 aliphatic carbocycles. The summed E-state index contributed by atoms with van der Waals surface area (Å²) in [6, 6.07) is 10.2. The zero-order valence-corrected chi connectivity index (χ0v) is 7.66. The van der Waals surface area contributed by atoms with Crippen LogP contribution in [0.5, 0.6) is 0 Å². The molecule has 0 amide bonds. The van der Waals surface area contributed by atoms with Gasteiger partial charge in [-0.1, -0.05) is 18.2 Å². The van der Waals surface area contributed by atoms with Crippen molar-refractivity contribution in [1.29, 1.82) is 0 Å².